The molecule has 0 bridgehead atoms. The lowest BCUT2D eigenvalue weighted by molar-refractivity contribution is 0.649. The first kappa shape index (κ1) is 13.7. The maximum atomic E-state index is 6.02. The molecule has 20 heavy (non-hydrogen) atoms. The number of aromatic amines is 1. The number of halogens is 2. The van der Waals surface area contributed by atoms with Crippen molar-refractivity contribution in [1.82, 2.24) is 9.55 Å². The second kappa shape index (κ2) is 5.24. The third-order valence-corrected chi connectivity index (χ3v) is 4.20. The Bertz CT molecular complexity index is 818. The molecule has 102 valence electrons. The van der Waals surface area contributed by atoms with Crippen molar-refractivity contribution in [2.24, 2.45) is 0 Å². The number of hydrogen-bond donors (Lipinski definition) is 1. The summed E-state index contributed by atoms with van der Waals surface area (Å²) in [6.07, 6.45) is 0. The summed E-state index contributed by atoms with van der Waals surface area (Å²) in [6.45, 7) is 2.11. The molecule has 0 amide bonds. The van der Waals surface area contributed by atoms with Crippen LogP contribution in [0.3, 0.4) is 0 Å². The van der Waals surface area contributed by atoms with Gasteiger partial charge in [-0.15, -0.1) is 0 Å². The van der Waals surface area contributed by atoms with E-state index in [0.29, 0.717) is 9.79 Å². The molecule has 2 aromatic carbocycles. The van der Waals surface area contributed by atoms with Crippen molar-refractivity contribution in [2.45, 2.75) is 13.0 Å². The average Bonchev–Trinajstić information content (AvgIpc) is 2.73. The van der Waals surface area contributed by atoms with Gasteiger partial charge in [-0.3, -0.25) is 0 Å². The standard InChI is InChI=1S/C15H12Cl2N2S/c1-9(10-2-4-11(16)5-3-10)19-14-7-6-12(17)8-13(14)18-15(19)20/h2-9H,1H3,(H,18,20). The number of nitrogens with one attached hydrogen (secondary N) is 1. The lowest BCUT2D eigenvalue weighted by Gasteiger charge is -2.15. The molecule has 1 atom stereocenters. The van der Waals surface area contributed by atoms with E-state index in [9.17, 15) is 0 Å². The van der Waals surface area contributed by atoms with E-state index in [1.54, 1.807) is 0 Å². The summed E-state index contributed by atoms with van der Waals surface area (Å²) in [5.74, 6) is 0. The van der Waals surface area contributed by atoms with Gasteiger partial charge in [-0.25, -0.2) is 0 Å². The number of nitrogens with zero attached hydrogens (tertiary/aromatic N) is 1. The zero-order valence-corrected chi connectivity index (χ0v) is 13.1. The smallest absolute Gasteiger partial charge is 0.178 e. The van der Waals surface area contributed by atoms with Gasteiger partial charge in [-0.05, 0) is 55.0 Å². The van der Waals surface area contributed by atoms with E-state index in [2.05, 4.69) is 16.5 Å². The van der Waals surface area contributed by atoms with Crippen LogP contribution in [-0.2, 0) is 0 Å². The minimum atomic E-state index is 0.120. The SMILES string of the molecule is CC(c1ccc(Cl)cc1)n1c(=S)[nH]c2cc(Cl)ccc21. The van der Waals surface area contributed by atoms with Gasteiger partial charge in [0.15, 0.2) is 4.77 Å². The van der Waals surface area contributed by atoms with E-state index in [4.69, 9.17) is 35.4 Å². The van der Waals surface area contributed by atoms with Crippen LogP contribution in [0.25, 0.3) is 11.0 Å². The Morgan fingerprint density at radius 3 is 2.40 bits per heavy atom. The fourth-order valence-corrected chi connectivity index (χ4v) is 3.04. The molecule has 1 unspecified atom stereocenters. The number of hydrogen-bond acceptors (Lipinski definition) is 1. The van der Waals surface area contributed by atoms with Crippen molar-refractivity contribution in [1.29, 1.82) is 0 Å². The van der Waals surface area contributed by atoms with Crippen LogP contribution in [0.5, 0.6) is 0 Å². The molecule has 1 heterocycles. The molecule has 0 spiro atoms. The molecule has 1 aromatic heterocycles. The van der Waals surface area contributed by atoms with Crippen LogP contribution in [0.2, 0.25) is 10.0 Å². The lowest BCUT2D eigenvalue weighted by Crippen LogP contribution is -2.06. The maximum absolute atomic E-state index is 6.02. The largest absolute Gasteiger partial charge is 0.331 e. The van der Waals surface area contributed by atoms with E-state index in [0.717, 1.165) is 21.6 Å². The van der Waals surface area contributed by atoms with Gasteiger partial charge in [0.2, 0.25) is 0 Å². The number of rotatable bonds is 2. The van der Waals surface area contributed by atoms with Gasteiger partial charge in [0.05, 0.1) is 17.1 Å². The molecule has 0 aliphatic rings. The summed E-state index contributed by atoms with van der Waals surface area (Å²) in [4.78, 5) is 3.20. The van der Waals surface area contributed by atoms with Crippen LogP contribution in [0.1, 0.15) is 18.5 Å². The highest BCUT2D eigenvalue weighted by atomic mass is 35.5. The van der Waals surface area contributed by atoms with Crippen LogP contribution in [0.15, 0.2) is 42.5 Å². The molecule has 0 saturated heterocycles. The highest BCUT2D eigenvalue weighted by Crippen LogP contribution is 2.26. The molecule has 2 nitrogen and oxygen atoms in total. The zero-order valence-electron chi connectivity index (χ0n) is 10.7. The molecule has 0 fully saturated rings. The molecular weight excluding hydrogens is 311 g/mol. The second-order valence-electron chi connectivity index (χ2n) is 4.69. The van der Waals surface area contributed by atoms with Crippen molar-refractivity contribution in [3.63, 3.8) is 0 Å². The second-order valence-corrected chi connectivity index (χ2v) is 5.95. The Morgan fingerprint density at radius 1 is 1.05 bits per heavy atom. The third-order valence-electron chi connectivity index (χ3n) is 3.42. The Labute approximate surface area is 132 Å². The predicted octanol–water partition coefficient (Wildman–Crippen LogP) is 5.61. The van der Waals surface area contributed by atoms with Crippen LogP contribution in [-0.4, -0.2) is 9.55 Å². The molecule has 0 aliphatic heterocycles. The first-order chi connectivity index (χ1) is 9.56. The number of fused-ring (bicyclic) bond motifs is 1. The van der Waals surface area contributed by atoms with Gasteiger partial charge >= 0.3 is 0 Å². The summed E-state index contributed by atoms with van der Waals surface area (Å²) in [6, 6.07) is 13.7. The first-order valence-electron chi connectivity index (χ1n) is 6.21. The quantitative estimate of drug-likeness (QED) is 0.607. The third kappa shape index (κ3) is 2.37. The van der Waals surface area contributed by atoms with Crippen molar-refractivity contribution in [2.75, 3.05) is 0 Å². The van der Waals surface area contributed by atoms with Gasteiger partial charge < -0.3 is 9.55 Å². The molecule has 0 aliphatic carbocycles. The van der Waals surface area contributed by atoms with Gasteiger partial charge in [-0.2, -0.15) is 0 Å². The highest BCUT2D eigenvalue weighted by Gasteiger charge is 2.13. The maximum Gasteiger partial charge on any atom is 0.178 e. The molecule has 1 N–H and O–H groups in total. The average molecular weight is 323 g/mol. The van der Waals surface area contributed by atoms with Crippen molar-refractivity contribution < 1.29 is 0 Å². The van der Waals surface area contributed by atoms with Gasteiger partial charge in [-0.1, -0.05) is 35.3 Å². The normalized spacial score (nSPS) is 12.8. The first-order valence-corrected chi connectivity index (χ1v) is 7.38. The van der Waals surface area contributed by atoms with E-state index in [1.807, 2.05) is 42.5 Å². The topological polar surface area (TPSA) is 20.7 Å². The van der Waals surface area contributed by atoms with E-state index < -0.39 is 0 Å². The summed E-state index contributed by atoms with van der Waals surface area (Å²) in [5.41, 5.74) is 3.14. The van der Waals surface area contributed by atoms with Crippen LogP contribution < -0.4 is 0 Å². The van der Waals surface area contributed by atoms with Crippen LogP contribution in [0, 0.1) is 4.77 Å². The molecule has 0 saturated carbocycles. The van der Waals surface area contributed by atoms with E-state index >= 15 is 0 Å². The molecule has 3 rings (SSSR count). The zero-order chi connectivity index (χ0) is 14.3. The van der Waals surface area contributed by atoms with Crippen LogP contribution >= 0.6 is 35.4 Å². The number of benzene rings is 2. The molecular formula is C15H12Cl2N2S. The van der Waals surface area contributed by atoms with Crippen LogP contribution in [0.4, 0.5) is 0 Å². The fraction of sp³-hybridized carbons (Fsp3) is 0.133. The van der Waals surface area contributed by atoms with Crippen molar-refractivity contribution in [3.8, 4) is 0 Å². The van der Waals surface area contributed by atoms with Gasteiger partial charge in [0.1, 0.15) is 0 Å². The van der Waals surface area contributed by atoms with Gasteiger partial charge in [0, 0.05) is 10.0 Å². The lowest BCUT2D eigenvalue weighted by atomic mass is 10.1. The van der Waals surface area contributed by atoms with E-state index in [-0.39, 0.29) is 6.04 Å². The van der Waals surface area contributed by atoms with Crippen molar-refractivity contribution >= 4 is 46.5 Å². The summed E-state index contributed by atoms with van der Waals surface area (Å²) in [7, 11) is 0. The summed E-state index contributed by atoms with van der Waals surface area (Å²) < 4.78 is 2.77. The predicted molar refractivity (Wildman–Crippen MR) is 87.4 cm³/mol. The fourth-order valence-electron chi connectivity index (χ4n) is 2.38. The Hall–Kier alpha value is -1.29. The summed E-state index contributed by atoms with van der Waals surface area (Å²) >= 11 is 17.4. The number of aromatic nitrogens is 2. The molecule has 0 radical (unpaired) electrons. The Morgan fingerprint density at radius 2 is 1.70 bits per heavy atom. The minimum absolute atomic E-state index is 0.120. The Balaban J connectivity index is 2.16. The minimum Gasteiger partial charge on any atom is -0.331 e. The number of H-pyrrole nitrogens is 1. The number of imidazole rings is 1. The van der Waals surface area contributed by atoms with Crippen molar-refractivity contribution in [3.05, 3.63) is 62.8 Å². The monoisotopic (exact) mass is 322 g/mol. The summed E-state index contributed by atoms with van der Waals surface area (Å²) in [5, 5.41) is 1.43. The highest BCUT2D eigenvalue weighted by molar-refractivity contribution is 7.71. The molecule has 3 aromatic rings. The van der Waals surface area contributed by atoms with E-state index in [1.165, 1.54) is 0 Å². The Kier molecular flexibility index (Phi) is 3.59. The molecule has 5 heteroatoms. The van der Waals surface area contributed by atoms with Gasteiger partial charge in [0.25, 0.3) is 0 Å².